The van der Waals surface area contributed by atoms with Gasteiger partial charge in [0.15, 0.2) is 0 Å². The second kappa shape index (κ2) is 13.5. The van der Waals surface area contributed by atoms with Crippen LogP contribution in [-0.4, -0.2) is 32.1 Å². The van der Waals surface area contributed by atoms with Crippen LogP contribution in [-0.2, 0) is 0 Å². The van der Waals surface area contributed by atoms with Crippen molar-refractivity contribution >= 4 is 86.9 Å². The summed E-state index contributed by atoms with van der Waals surface area (Å²) in [6.45, 7) is 0. The van der Waals surface area contributed by atoms with Crippen molar-refractivity contribution in [3.8, 4) is 0 Å². The van der Waals surface area contributed by atoms with Gasteiger partial charge in [0.25, 0.3) is 0 Å². The molecular formula is C6H10Br4Cl2. The molecule has 0 saturated carbocycles. The van der Waals surface area contributed by atoms with Gasteiger partial charge >= 0.3 is 0 Å². The molecule has 0 aliphatic rings. The van der Waals surface area contributed by atoms with Crippen LogP contribution in [0.2, 0.25) is 0 Å². The van der Waals surface area contributed by atoms with Crippen LogP contribution in [0.1, 0.15) is 0 Å². The molecule has 0 fully saturated rings. The molecule has 0 aliphatic heterocycles. The van der Waals surface area contributed by atoms with E-state index in [-0.39, 0.29) is 0 Å². The molecular weight excluding hydrogens is 463 g/mol. The highest BCUT2D eigenvalue weighted by molar-refractivity contribution is 9.12. The van der Waals surface area contributed by atoms with E-state index in [2.05, 4.69) is 63.7 Å². The Balaban J connectivity index is 0. The molecule has 0 rings (SSSR count). The zero-order chi connectivity index (χ0) is 9.98. The van der Waals surface area contributed by atoms with Crippen LogP contribution >= 0.6 is 86.9 Å². The third kappa shape index (κ3) is 15.0. The summed E-state index contributed by atoms with van der Waals surface area (Å²) in [5.41, 5.74) is 0. The molecule has 0 bridgehead atoms. The molecule has 0 saturated heterocycles. The Bertz CT molecular complexity index is 65.9. The predicted molar refractivity (Wildman–Crippen MR) is 74.5 cm³/mol. The topological polar surface area (TPSA) is 0 Å². The Morgan fingerprint density at radius 3 is 1.08 bits per heavy atom. The van der Waals surface area contributed by atoms with Gasteiger partial charge < -0.3 is 0 Å². The van der Waals surface area contributed by atoms with E-state index < -0.39 is 0 Å². The molecule has 6 heteroatoms. The lowest BCUT2D eigenvalue weighted by Gasteiger charge is -1.93. The van der Waals surface area contributed by atoms with Crippen molar-refractivity contribution < 1.29 is 0 Å². The van der Waals surface area contributed by atoms with E-state index in [0.717, 1.165) is 10.7 Å². The molecule has 0 aliphatic carbocycles. The zero-order valence-electron chi connectivity index (χ0n) is 6.25. The monoisotopic (exact) mass is 468 g/mol. The maximum atomic E-state index is 5.38. The van der Waals surface area contributed by atoms with Crippen molar-refractivity contribution in [1.29, 1.82) is 0 Å². The van der Waals surface area contributed by atoms with Crippen LogP contribution < -0.4 is 0 Å². The Hall–Kier alpha value is 2.50. The van der Waals surface area contributed by atoms with Gasteiger partial charge in [0.1, 0.15) is 0 Å². The first-order valence-corrected chi connectivity index (χ1v) is 8.28. The van der Waals surface area contributed by atoms with Crippen molar-refractivity contribution in [1.82, 2.24) is 0 Å². The molecule has 0 heterocycles. The highest BCUT2D eigenvalue weighted by atomic mass is 79.9. The number of alkyl halides is 6. The lowest BCUT2D eigenvalue weighted by atomic mass is 10.6. The highest BCUT2D eigenvalue weighted by Gasteiger charge is 1.95. The van der Waals surface area contributed by atoms with Gasteiger partial charge in [0, 0.05) is 32.1 Å². The summed E-state index contributed by atoms with van der Waals surface area (Å²) in [6.07, 6.45) is 0. The van der Waals surface area contributed by atoms with Crippen molar-refractivity contribution in [3.63, 3.8) is 0 Å². The summed E-state index contributed by atoms with van der Waals surface area (Å²) in [5, 5.41) is 1.85. The van der Waals surface area contributed by atoms with Crippen LogP contribution in [0.3, 0.4) is 0 Å². The van der Waals surface area contributed by atoms with E-state index in [1.54, 1.807) is 0 Å². The third-order valence-electron chi connectivity index (χ3n) is 0.670. The van der Waals surface area contributed by atoms with Crippen LogP contribution in [0.4, 0.5) is 0 Å². The van der Waals surface area contributed by atoms with Gasteiger partial charge in [-0.3, -0.25) is 0 Å². The molecule has 0 spiro atoms. The van der Waals surface area contributed by atoms with Crippen LogP contribution in [0.15, 0.2) is 0 Å². The van der Waals surface area contributed by atoms with Crippen molar-refractivity contribution in [2.24, 2.45) is 0 Å². The molecule has 0 amide bonds. The van der Waals surface area contributed by atoms with Gasteiger partial charge in [-0.15, -0.1) is 23.2 Å². The fourth-order valence-corrected chi connectivity index (χ4v) is 1.29. The maximum absolute atomic E-state index is 5.38. The molecule has 0 nitrogen and oxygen atoms in total. The summed E-state index contributed by atoms with van der Waals surface area (Å²) in [6, 6.07) is 0. The smallest absolute Gasteiger partial charge is 0.0378 e. The fourth-order valence-electron chi connectivity index (χ4n) is 0.0825. The van der Waals surface area contributed by atoms with E-state index in [1.165, 1.54) is 0 Å². The standard InChI is InChI=1S/2C3H5Br2Cl/c2*4-1-3(5)2-6/h2*3H,1-2H2. The summed E-state index contributed by atoms with van der Waals surface area (Å²) < 4.78 is 0. The van der Waals surface area contributed by atoms with E-state index in [9.17, 15) is 0 Å². The van der Waals surface area contributed by atoms with Gasteiger partial charge in [-0.05, 0) is 0 Å². The lowest BCUT2D eigenvalue weighted by molar-refractivity contribution is 1.18. The summed E-state index contributed by atoms with van der Waals surface area (Å²) in [7, 11) is 0. The minimum atomic E-state index is 0.430. The Morgan fingerprint density at radius 2 is 1.08 bits per heavy atom. The van der Waals surface area contributed by atoms with Gasteiger partial charge in [-0.1, -0.05) is 63.7 Å². The predicted octanol–water partition coefficient (Wildman–Crippen LogP) is 4.77. The first kappa shape index (κ1) is 16.9. The molecule has 0 N–H and O–H groups in total. The fraction of sp³-hybridized carbons (Fsp3) is 1.00. The Morgan fingerprint density at radius 1 is 0.833 bits per heavy atom. The summed E-state index contributed by atoms with van der Waals surface area (Å²) >= 11 is 23.8. The average molecular weight is 473 g/mol. The van der Waals surface area contributed by atoms with Gasteiger partial charge in [-0.25, -0.2) is 0 Å². The van der Waals surface area contributed by atoms with Gasteiger partial charge in [0.05, 0.1) is 0 Å². The Labute approximate surface area is 118 Å². The molecule has 12 heavy (non-hydrogen) atoms. The molecule has 0 radical (unpaired) electrons. The molecule has 2 unspecified atom stereocenters. The van der Waals surface area contributed by atoms with E-state index in [1.807, 2.05) is 0 Å². The molecule has 0 aromatic rings. The molecule has 0 aromatic carbocycles. The Kier molecular flexibility index (Phi) is 19.0. The number of rotatable bonds is 4. The highest BCUT2D eigenvalue weighted by Crippen LogP contribution is 2.04. The lowest BCUT2D eigenvalue weighted by Crippen LogP contribution is -1.98. The summed E-state index contributed by atoms with van der Waals surface area (Å²) in [4.78, 5) is 0.860. The minimum Gasteiger partial charge on any atom is -0.125 e. The normalized spacial score (nSPS) is 14.5. The van der Waals surface area contributed by atoms with E-state index in [4.69, 9.17) is 23.2 Å². The SMILES string of the molecule is ClCC(Br)CBr.ClCC(Br)CBr. The van der Waals surface area contributed by atoms with Crippen LogP contribution in [0, 0.1) is 0 Å². The minimum absolute atomic E-state index is 0.430. The zero-order valence-corrected chi connectivity index (χ0v) is 14.1. The third-order valence-corrected chi connectivity index (χ3v) is 6.76. The average Bonchev–Trinajstić information content (AvgIpc) is 2.16. The van der Waals surface area contributed by atoms with Crippen molar-refractivity contribution in [2.45, 2.75) is 9.65 Å². The van der Waals surface area contributed by atoms with Crippen molar-refractivity contribution in [2.75, 3.05) is 22.4 Å². The first-order valence-electron chi connectivity index (χ1n) is 3.14. The number of hydrogen-bond acceptors (Lipinski definition) is 0. The molecule has 76 valence electrons. The summed E-state index contributed by atoms with van der Waals surface area (Å²) in [5.74, 6) is 1.34. The number of halogens is 6. The quantitative estimate of drug-likeness (QED) is 0.517. The van der Waals surface area contributed by atoms with E-state index in [0.29, 0.717) is 21.4 Å². The van der Waals surface area contributed by atoms with Crippen LogP contribution in [0.25, 0.3) is 0 Å². The van der Waals surface area contributed by atoms with Gasteiger partial charge in [0.2, 0.25) is 0 Å². The second-order valence-electron chi connectivity index (χ2n) is 1.81. The van der Waals surface area contributed by atoms with Gasteiger partial charge in [-0.2, -0.15) is 0 Å². The molecule has 2 atom stereocenters. The largest absolute Gasteiger partial charge is 0.125 e. The van der Waals surface area contributed by atoms with Crippen molar-refractivity contribution in [3.05, 3.63) is 0 Å². The molecule has 0 aromatic heterocycles. The second-order valence-corrected chi connectivity index (χ2v) is 6.31. The first-order chi connectivity index (χ1) is 5.62. The van der Waals surface area contributed by atoms with E-state index >= 15 is 0 Å². The number of hydrogen-bond donors (Lipinski definition) is 0. The maximum Gasteiger partial charge on any atom is 0.0378 e. The van der Waals surface area contributed by atoms with Crippen LogP contribution in [0.5, 0.6) is 0 Å².